The Morgan fingerprint density at radius 3 is 1.72 bits per heavy atom. The van der Waals surface area contributed by atoms with Crippen LogP contribution in [0.25, 0.3) is 108 Å². The molecule has 0 unspecified atom stereocenters. The molecule has 0 atom stereocenters. The predicted molar refractivity (Wildman–Crippen MR) is 220 cm³/mol. The minimum absolute atomic E-state index is 0.588. The first-order chi connectivity index (χ1) is 26.3. The first-order valence-corrected chi connectivity index (χ1v) is 19.0. The largest absolute Gasteiger partial charge is 0.455 e. The molecule has 4 aromatic heterocycles. The van der Waals surface area contributed by atoms with E-state index in [9.17, 15) is 0 Å². The Balaban J connectivity index is 1.24. The molecule has 0 aliphatic heterocycles. The fourth-order valence-corrected chi connectivity index (χ4v) is 9.63. The van der Waals surface area contributed by atoms with Crippen LogP contribution in [0.1, 0.15) is 0 Å². The van der Waals surface area contributed by atoms with Crippen molar-refractivity contribution in [3.8, 4) is 55.9 Å². The molecule has 0 N–H and O–H groups in total. The lowest BCUT2D eigenvalue weighted by Gasteiger charge is -2.12. The summed E-state index contributed by atoms with van der Waals surface area (Å²) in [6.45, 7) is 0. The van der Waals surface area contributed by atoms with Gasteiger partial charge >= 0.3 is 0 Å². The predicted octanol–water partition coefficient (Wildman–Crippen LogP) is 13.1. The van der Waals surface area contributed by atoms with Gasteiger partial charge in [-0.3, -0.25) is 0 Å². The third kappa shape index (κ3) is 4.89. The van der Waals surface area contributed by atoms with Crippen LogP contribution in [0, 0.1) is 0 Å². The van der Waals surface area contributed by atoms with Gasteiger partial charge in [0.1, 0.15) is 16.2 Å². The molecule has 4 heterocycles. The minimum atomic E-state index is 0.588. The Kier molecular flexibility index (Phi) is 6.83. The third-order valence-corrected chi connectivity index (χ3v) is 12.0. The topological polar surface area (TPSA) is 64.7 Å². The van der Waals surface area contributed by atoms with E-state index in [2.05, 4.69) is 78.9 Å². The first kappa shape index (κ1) is 30.1. The van der Waals surface area contributed by atoms with Gasteiger partial charge in [-0.15, -0.1) is 22.7 Å². The molecule has 248 valence electrons. The molecule has 0 saturated heterocycles. The summed E-state index contributed by atoms with van der Waals surface area (Å²) in [6, 6.07) is 54.2. The van der Waals surface area contributed by atoms with E-state index in [4.69, 9.17) is 24.4 Å². The zero-order valence-corrected chi connectivity index (χ0v) is 29.7. The smallest absolute Gasteiger partial charge is 0.164 e. The van der Waals surface area contributed by atoms with Gasteiger partial charge in [0.25, 0.3) is 0 Å². The molecule has 0 aliphatic carbocycles. The Bertz CT molecular complexity index is 3110. The highest BCUT2D eigenvalue weighted by Gasteiger charge is 2.25. The Hall–Kier alpha value is -6.54. The van der Waals surface area contributed by atoms with Crippen molar-refractivity contribution in [3.63, 3.8) is 0 Å². The van der Waals surface area contributed by atoms with Gasteiger partial charge < -0.3 is 4.42 Å². The van der Waals surface area contributed by atoms with Crippen molar-refractivity contribution in [2.75, 3.05) is 0 Å². The van der Waals surface area contributed by atoms with Crippen LogP contribution in [-0.2, 0) is 0 Å². The van der Waals surface area contributed by atoms with E-state index in [1.54, 1.807) is 11.3 Å². The number of furan rings is 1. The van der Waals surface area contributed by atoms with Gasteiger partial charge in [-0.05, 0) is 30.3 Å². The van der Waals surface area contributed by atoms with E-state index in [1.165, 1.54) is 20.2 Å². The van der Waals surface area contributed by atoms with Gasteiger partial charge in [0.15, 0.2) is 17.5 Å². The monoisotopic (exact) mass is 714 g/mol. The molecule has 0 fully saturated rings. The molecule has 11 rings (SSSR count). The number of hydrogen-bond donors (Lipinski definition) is 0. The molecular formula is C46H26N4OS2. The Morgan fingerprint density at radius 1 is 0.415 bits per heavy atom. The SMILES string of the molecule is c1ccc(-c2nc(-c3ccccc3)nc(-c3ccc(-c4c5nc(-c6ccccc6)sc5cc5sc6ccccc6c45)c4oc5ccccc5c34)n2)cc1. The maximum Gasteiger partial charge on any atom is 0.164 e. The highest BCUT2D eigenvalue weighted by atomic mass is 32.1. The van der Waals surface area contributed by atoms with Crippen molar-refractivity contribution in [1.82, 2.24) is 19.9 Å². The van der Waals surface area contributed by atoms with Crippen molar-refractivity contribution in [2.24, 2.45) is 0 Å². The molecule has 0 amide bonds. The molecule has 53 heavy (non-hydrogen) atoms. The summed E-state index contributed by atoms with van der Waals surface area (Å²) in [5.74, 6) is 1.82. The van der Waals surface area contributed by atoms with Crippen molar-refractivity contribution in [2.45, 2.75) is 0 Å². The number of thiazole rings is 1. The van der Waals surface area contributed by atoms with E-state index < -0.39 is 0 Å². The molecule has 7 heteroatoms. The molecule has 0 radical (unpaired) electrons. The number of hydrogen-bond acceptors (Lipinski definition) is 7. The lowest BCUT2D eigenvalue weighted by Crippen LogP contribution is -2.00. The van der Waals surface area contributed by atoms with Gasteiger partial charge in [-0.1, -0.05) is 127 Å². The summed E-state index contributed by atoms with van der Waals surface area (Å²) in [5, 5.41) is 5.36. The summed E-state index contributed by atoms with van der Waals surface area (Å²) in [5.41, 5.74) is 8.46. The fraction of sp³-hybridized carbons (Fsp3) is 0. The highest BCUT2D eigenvalue weighted by Crippen LogP contribution is 2.50. The van der Waals surface area contributed by atoms with Gasteiger partial charge in [0, 0.05) is 64.3 Å². The number of fused-ring (bicyclic) bond motifs is 7. The number of aromatic nitrogens is 4. The van der Waals surface area contributed by atoms with Crippen LogP contribution < -0.4 is 0 Å². The van der Waals surface area contributed by atoms with Gasteiger partial charge in [0.05, 0.1) is 10.2 Å². The zero-order chi connectivity index (χ0) is 34.9. The van der Waals surface area contributed by atoms with Crippen LogP contribution in [0.3, 0.4) is 0 Å². The van der Waals surface area contributed by atoms with Crippen LogP contribution >= 0.6 is 22.7 Å². The Labute approximate surface area is 311 Å². The second-order valence-electron chi connectivity index (χ2n) is 13.0. The number of para-hydroxylation sites is 1. The second kappa shape index (κ2) is 12.0. The first-order valence-electron chi connectivity index (χ1n) is 17.4. The highest BCUT2D eigenvalue weighted by molar-refractivity contribution is 7.27. The standard InChI is InChI=1S/C46H26N4OS2/c1-4-14-27(15-5-1)43-48-44(28-16-6-2-7-17-28)50-45(49-43)33-25-24-32(42-38(33)30-20-10-12-22-34(30)51-42)40-39-31-21-11-13-23-35(31)52-36(39)26-37-41(40)47-46(53-37)29-18-8-3-9-19-29/h1-26H. The maximum absolute atomic E-state index is 6.92. The molecule has 11 aromatic rings. The van der Waals surface area contributed by atoms with E-state index in [-0.39, 0.29) is 0 Å². The zero-order valence-electron chi connectivity index (χ0n) is 28.0. The van der Waals surface area contributed by atoms with Crippen molar-refractivity contribution in [1.29, 1.82) is 0 Å². The summed E-state index contributed by atoms with van der Waals surface area (Å²) in [4.78, 5) is 20.6. The molecule has 5 nitrogen and oxygen atoms in total. The summed E-state index contributed by atoms with van der Waals surface area (Å²) >= 11 is 3.55. The molecule has 0 saturated carbocycles. The number of thiophene rings is 1. The Morgan fingerprint density at radius 2 is 1.00 bits per heavy atom. The van der Waals surface area contributed by atoms with Crippen molar-refractivity contribution < 1.29 is 4.42 Å². The van der Waals surface area contributed by atoms with Crippen LogP contribution in [0.15, 0.2) is 162 Å². The minimum Gasteiger partial charge on any atom is -0.455 e. The van der Waals surface area contributed by atoms with E-state index in [0.29, 0.717) is 17.5 Å². The van der Waals surface area contributed by atoms with Crippen LogP contribution in [0.4, 0.5) is 0 Å². The average molecular weight is 715 g/mol. The maximum atomic E-state index is 6.92. The fourth-order valence-electron chi connectivity index (χ4n) is 7.38. The van der Waals surface area contributed by atoms with Crippen molar-refractivity contribution in [3.05, 3.63) is 158 Å². The lowest BCUT2D eigenvalue weighted by molar-refractivity contribution is 0.670. The second-order valence-corrected chi connectivity index (χ2v) is 15.1. The normalized spacial score (nSPS) is 11.8. The lowest BCUT2D eigenvalue weighted by atomic mass is 9.94. The molecule has 0 bridgehead atoms. The number of rotatable bonds is 5. The van der Waals surface area contributed by atoms with Gasteiger partial charge in [-0.2, -0.15) is 0 Å². The van der Waals surface area contributed by atoms with Gasteiger partial charge in [0.2, 0.25) is 0 Å². The quantitative estimate of drug-likeness (QED) is 0.178. The van der Waals surface area contributed by atoms with E-state index >= 15 is 0 Å². The van der Waals surface area contributed by atoms with Gasteiger partial charge in [-0.25, -0.2) is 19.9 Å². The van der Waals surface area contributed by atoms with Crippen LogP contribution in [0.2, 0.25) is 0 Å². The molecular weight excluding hydrogens is 689 g/mol. The molecule has 7 aromatic carbocycles. The molecule has 0 aliphatic rings. The van der Waals surface area contributed by atoms with Crippen LogP contribution in [-0.4, -0.2) is 19.9 Å². The molecule has 0 spiro atoms. The average Bonchev–Trinajstić information content (AvgIpc) is 3.94. The van der Waals surface area contributed by atoms with Crippen molar-refractivity contribution >= 4 is 75.0 Å². The third-order valence-electron chi connectivity index (χ3n) is 9.78. The summed E-state index contributed by atoms with van der Waals surface area (Å²) < 4.78 is 10.5. The number of benzene rings is 7. The summed E-state index contributed by atoms with van der Waals surface area (Å²) in [7, 11) is 0. The van der Waals surface area contributed by atoms with E-state index in [0.717, 1.165) is 70.5 Å². The van der Waals surface area contributed by atoms with E-state index in [1.807, 2.05) is 90.2 Å². The summed E-state index contributed by atoms with van der Waals surface area (Å²) in [6.07, 6.45) is 0. The van der Waals surface area contributed by atoms with Crippen LogP contribution in [0.5, 0.6) is 0 Å². The number of nitrogens with zero attached hydrogens (tertiary/aromatic N) is 4.